The van der Waals surface area contributed by atoms with Crippen molar-refractivity contribution < 1.29 is 18.3 Å². The Labute approximate surface area is 147 Å². The molecule has 132 valence electrons. The minimum Gasteiger partial charge on any atom is -0.435 e. The van der Waals surface area contributed by atoms with Gasteiger partial charge in [-0.25, -0.2) is 4.98 Å². The summed E-state index contributed by atoms with van der Waals surface area (Å²) in [5, 5.41) is 5.74. The number of rotatable bonds is 6. The maximum atomic E-state index is 12.4. The Morgan fingerprint density at radius 1 is 1.04 bits per heavy atom. The smallest absolute Gasteiger partial charge is 0.387 e. The topological polar surface area (TPSA) is 76.1 Å². The zero-order valence-electron chi connectivity index (χ0n) is 13.4. The van der Waals surface area contributed by atoms with Gasteiger partial charge in [-0.05, 0) is 42.5 Å². The van der Waals surface area contributed by atoms with Crippen LogP contribution in [-0.4, -0.2) is 22.5 Å². The number of carbonyl (C=O) groups is 1. The standard InChI is InChI=1S/C18H14F2N4O2/c19-18(20)26-15-6-4-13(5-7-15)24-17(25)12-2-1-3-14(10-12)23-16-11-21-8-9-22-16/h1-11,18H,(H,22,23)(H,24,25). The summed E-state index contributed by atoms with van der Waals surface area (Å²) >= 11 is 0. The highest BCUT2D eigenvalue weighted by Crippen LogP contribution is 2.19. The summed E-state index contributed by atoms with van der Waals surface area (Å²) in [6, 6.07) is 12.5. The fraction of sp³-hybridized carbons (Fsp3) is 0.0556. The Morgan fingerprint density at radius 3 is 2.54 bits per heavy atom. The van der Waals surface area contributed by atoms with Crippen molar-refractivity contribution >= 4 is 23.1 Å². The summed E-state index contributed by atoms with van der Waals surface area (Å²) in [7, 11) is 0. The van der Waals surface area contributed by atoms with E-state index in [1.165, 1.54) is 24.3 Å². The molecule has 0 bridgehead atoms. The SMILES string of the molecule is O=C(Nc1ccc(OC(F)F)cc1)c1cccc(Nc2cnccn2)c1. The lowest BCUT2D eigenvalue weighted by molar-refractivity contribution is -0.0498. The Balaban J connectivity index is 1.67. The van der Waals surface area contributed by atoms with Crippen LogP contribution in [0.15, 0.2) is 67.1 Å². The fourth-order valence-electron chi connectivity index (χ4n) is 2.17. The average molecular weight is 356 g/mol. The van der Waals surface area contributed by atoms with Gasteiger partial charge in [0.05, 0.1) is 6.20 Å². The molecule has 2 N–H and O–H groups in total. The number of benzene rings is 2. The van der Waals surface area contributed by atoms with Crippen LogP contribution in [0.3, 0.4) is 0 Å². The normalized spacial score (nSPS) is 10.4. The van der Waals surface area contributed by atoms with E-state index in [1.54, 1.807) is 42.9 Å². The van der Waals surface area contributed by atoms with E-state index in [0.29, 0.717) is 22.8 Å². The van der Waals surface area contributed by atoms with Crippen LogP contribution in [-0.2, 0) is 0 Å². The predicted octanol–water partition coefficient (Wildman–Crippen LogP) is 4.07. The Morgan fingerprint density at radius 2 is 1.85 bits per heavy atom. The molecule has 1 heterocycles. The number of nitrogens with zero attached hydrogens (tertiary/aromatic N) is 2. The van der Waals surface area contributed by atoms with Crippen molar-refractivity contribution in [2.45, 2.75) is 6.61 Å². The number of hydrogen-bond acceptors (Lipinski definition) is 5. The van der Waals surface area contributed by atoms with Crippen molar-refractivity contribution in [2.24, 2.45) is 0 Å². The first-order valence-corrected chi connectivity index (χ1v) is 7.59. The molecule has 1 amide bonds. The van der Waals surface area contributed by atoms with Crippen LogP contribution in [0.4, 0.5) is 26.0 Å². The monoisotopic (exact) mass is 356 g/mol. The van der Waals surface area contributed by atoms with Crippen LogP contribution in [0.2, 0.25) is 0 Å². The molecule has 0 aliphatic rings. The number of nitrogens with one attached hydrogen (secondary N) is 2. The van der Waals surface area contributed by atoms with Crippen molar-refractivity contribution in [2.75, 3.05) is 10.6 Å². The van der Waals surface area contributed by atoms with E-state index >= 15 is 0 Å². The molecule has 8 heteroatoms. The number of alkyl halides is 2. The van der Waals surface area contributed by atoms with E-state index in [9.17, 15) is 13.6 Å². The fourth-order valence-corrected chi connectivity index (χ4v) is 2.17. The van der Waals surface area contributed by atoms with Gasteiger partial charge in [-0.2, -0.15) is 8.78 Å². The third kappa shape index (κ3) is 4.73. The van der Waals surface area contributed by atoms with Gasteiger partial charge >= 0.3 is 6.61 Å². The number of halogens is 2. The number of ether oxygens (including phenoxy) is 1. The van der Waals surface area contributed by atoms with Crippen molar-refractivity contribution in [3.05, 3.63) is 72.7 Å². The van der Waals surface area contributed by atoms with Crippen LogP contribution >= 0.6 is 0 Å². The first-order valence-electron chi connectivity index (χ1n) is 7.59. The van der Waals surface area contributed by atoms with Crippen LogP contribution in [0.25, 0.3) is 0 Å². The van der Waals surface area contributed by atoms with Crippen LogP contribution in [0.5, 0.6) is 5.75 Å². The van der Waals surface area contributed by atoms with Gasteiger partial charge in [-0.3, -0.25) is 9.78 Å². The molecule has 2 aromatic carbocycles. The highest BCUT2D eigenvalue weighted by Gasteiger charge is 2.08. The molecule has 3 aromatic rings. The quantitative estimate of drug-likeness (QED) is 0.696. The van der Waals surface area contributed by atoms with Crippen LogP contribution in [0.1, 0.15) is 10.4 Å². The molecule has 0 spiro atoms. The van der Waals surface area contributed by atoms with Gasteiger partial charge in [0.25, 0.3) is 5.91 Å². The predicted molar refractivity (Wildman–Crippen MR) is 92.8 cm³/mol. The summed E-state index contributed by atoms with van der Waals surface area (Å²) < 4.78 is 28.5. The maximum Gasteiger partial charge on any atom is 0.387 e. The summed E-state index contributed by atoms with van der Waals surface area (Å²) in [4.78, 5) is 20.4. The van der Waals surface area contributed by atoms with Crippen molar-refractivity contribution in [1.82, 2.24) is 9.97 Å². The molecular formula is C18H14F2N4O2. The van der Waals surface area contributed by atoms with E-state index in [4.69, 9.17) is 0 Å². The highest BCUT2D eigenvalue weighted by atomic mass is 19.3. The summed E-state index contributed by atoms with van der Waals surface area (Å²) in [5.74, 6) is 0.239. The van der Waals surface area contributed by atoms with Gasteiger partial charge in [0.15, 0.2) is 0 Å². The molecule has 0 aliphatic heterocycles. The minimum absolute atomic E-state index is 0.0215. The van der Waals surface area contributed by atoms with E-state index in [-0.39, 0.29) is 11.7 Å². The summed E-state index contributed by atoms with van der Waals surface area (Å²) in [6.45, 7) is -2.89. The van der Waals surface area contributed by atoms with Gasteiger partial charge in [0.2, 0.25) is 0 Å². The lowest BCUT2D eigenvalue weighted by Crippen LogP contribution is -2.12. The third-order valence-corrected chi connectivity index (χ3v) is 3.30. The molecule has 0 fully saturated rings. The van der Waals surface area contributed by atoms with Gasteiger partial charge in [0.1, 0.15) is 11.6 Å². The molecule has 3 rings (SSSR count). The number of anilines is 3. The van der Waals surface area contributed by atoms with Crippen LogP contribution < -0.4 is 15.4 Å². The third-order valence-electron chi connectivity index (χ3n) is 3.30. The minimum atomic E-state index is -2.89. The molecule has 0 radical (unpaired) electrons. The highest BCUT2D eigenvalue weighted by molar-refractivity contribution is 6.04. The molecule has 0 saturated heterocycles. The van der Waals surface area contributed by atoms with Gasteiger partial charge < -0.3 is 15.4 Å². The number of hydrogen-bond donors (Lipinski definition) is 2. The van der Waals surface area contributed by atoms with E-state index < -0.39 is 6.61 Å². The zero-order chi connectivity index (χ0) is 18.4. The Hall–Kier alpha value is -3.55. The van der Waals surface area contributed by atoms with Crippen LogP contribution in [0, 0.1) is 0 Å². The number of aromatic nitrogens is 2. The largest absolute Gasteiger partial charge is 0.435 e. The Kier molecular flexibility index (Phi) is 5.33. The second-order valence-corrected chi connectivity index (χ2v) is 5.15. The van der Waals surface area contributed by atoms with Crippen molar-refractivity contribution in [1.29, 1.82) is 0 Å². The maximum absolute atomic E-state index is 12.4. The second kappa shape index (κ2) is 8.02. The zero-order valence-corrected chi connectivity index (χ0v) is 13.4. The Bertz CT molecular complexity index is 874. The average Bonchev–Trinajstić information content (AvgIpc) is 2.64. The molecule has 6 nitrogen and oxygen atoms in total. The molecule has 1 aromatic heterocycles. The van der Waals surface area contributed by atoms with Gasteiger partial charge in [0, 0.05) is 29.3 Å². The molecule has 0 aliphatic carbocycles. The first kappa shape index (κ1) is 17.3. The van der Waals surface area contributed by atoms with E-state index in [1.807, 2.05) is 0 Å². The second-order valence-electron chi connectivity index (χ2n) is 5.15. The number of carbonyl (C=O) groups excluding carboxylic acids is 1. The van der Waals surface area contributed by atoms with Crippen molar-refractivity contribution in [3.63, 3.8) is 0 Å². The summed E-state index contributed by atoms with van der Waals surface area (Å²) in [6.07, 6.45) is 4.68. The van der Waals surface area contributed by atoms with E-state index in [0.717, 1.165) is 0 Å². The molecule has 26 heavy (non-hydrogen) atoms. The lowest BCUT2D eigenvalue weighted by Gasteiger charge is -2.09. The summed E-state index contributed by atoms with van der Waals surface area (Å²) in [5.41, 5.74) is 1.56. The molecule has 0 unspecified atom stereocenters. The van der Waals surface area contributed by atoms with E-state index in [2.05, 4.69) is 25.3 Å². The van der Waals surface area contributed by atoms with Crippen molar-refractivity contribution in [3.8, 4) is 5.75 Å². The molecule has 0 atom stereocenters. The number of amides is 1. The van der Waals surface area contributed by atoms with Gasteiger partial charge in [-0.1, -0.05) is 6.07 Å². The lowest BCUT2D eigenvalue weighted by atomic mass is 10.2. The molecule has 0 saturated carbocycles. The first-order chi connectivity index (χ1) is 12.6. The molecular weight excluding hydrogens is 342 g/mol. The van der Waals surface area contributed by atoms with Gasteiger partial charge in [-0.15, -0.1) is 0 Å².